The minimum atomic E-state index is -0.308. The summed E-state index contributed by atoms with van der Waals surface area (Å²) in [6, 6.07) is 1.81. The fourth-order valence-corrected chi connectivity index (χ4v) is 1.94. The number of halogens is 1. The van der Waals surface area contributed by atoms with Gasteiger partial charge in [0.2, 0.25) is 0 Å². The lowest BCUT2D eigenvalue weighted by Crippen LogP contribution is -2.29. The summed E-state index contributed by atoms with van der Waals surface area (Å²) in [6.07, 6.45) is 1.54. The number of aryl methyl sites for hydroxylation is 1. The van der Waals surface area contributed by atoms with Gasteiger partial charge in [-0.3, -0.25) is 4.79 Å². The first-order chi connectivity index (χ1) is 9.97. The average Bonchev–Trinajstić information content (AvgIpc) is 2.85. The van der Waals surface area contributed by atoms with Crippen LogP contribution in [-0.4, -0.2) is 40.5 Å². The number of rotatable bonds is 6. The minimum absolute atomic E-state index is 0.125. The first-order valence-electron chi connectivity index (χ1n) is 6.54. The topological polar surface area (TPSA) is 76.2 Å². The maximum atomic E-state index is 12.1. The summed E-state index contributed by atoms with van der Waals surface area (Å²) >= 11 is 6.09. The number of likely N-dealkylation sites (N-methyl/N-ethyl adjacent to an activating group) is 1. The highest BCUT2D eigenvalue weighted by atomic mass is 35.5. The van der Waals surface area contributed by atoms with Crippen molar-refractivity contribution in [1.29, 1.82) is 0 Å². The van der Waals surface area contributed by atoms with Crippen LogP contribution in [0.2, 0.25) is 5.02 Å². The molecule has 1 N–H and O–H groups in total. The van der Waals surface area contributed by atoms with Crippen LogP contribution in [0, 0.1) is 6.92 Å². The van der Waals surface area contributed by atoms with E-state index in [0.717, 1.165) is 5.69 Å². The van der Waals surface area contributed by atoms with Gasteiger partial charge in [-0.2, -0.15) is 5.10 Å². The van der Waals surface area contributed by atoms with E-state index in [1.807, 2.05) is 32.0 Å². The molecule has 0 spiro atoms. The van der Waals surface area contributed by atoms with Crippen molar-refractivity contribution in [2.45, 2.75) is 20.0 Å². The Hall–Kier alpha value is -1.86. The number of aromatic nitrogens is 3. The summed E-state index contributed by atoms with van der Waals surface area (Å²) in [7, 11) is 3.86. The van der Waals surface area contributed by atoms with Crippen molar-refractivity contribution in [3.8, 4) is 0 Å². The van der Waals surface area contributed by atoms with Crippen molar-refractivity contribution >= 4 is 17.3 Å². The lowest BCUT2D eigenvalue weighted by molar-refractivity contribution is 0.367. The lowest BCUT2D eigenvalue weighted by Gasteiger charge is -2.12. The molecule has 0 aliphatic rings. The standard InChI is InChI=1S/C13H18ClN5O2/c1-9-6-10(21-17-9)7-15-11-8-16-19(5-4-18(2)3)13(20)12(11)14/h6,8,15H,4-5,7H2,1-3H3. The summed E-state index contributed by atoms with van der Waals surface area (Å²) in [4.78, 5) is 14.1. The van der Waals surface area contributed by atoms with E-state index in [2.05, 4.69) is 15.6 Å². The fourth-order valence-electron chi connectivity index (χ4n) is 1.72. The van der Waals surface area contributed by atoms with Gasteiger partial charge in [0.1, 0.15) is 5.02 Å². The van der Waals surface area contributed by atoms with Crippen LogP contribution >= 0.6 is 11.6 Å². The van der Waals surface area contributed by atoms with Gasteiger partial charge in [-0.05, 0) is 21.0 Å². The van der Waals surface area contributed by atoms with Gasteiger partial charge in [0.05, 0.1) is 30.7 Å². The SMILES string of the molecule is Cc1cc(CNc2cnn(CCN(C)C)c(=O)c2Cl)on1. The van der Waals surface area contributed by atoms with Gasteiger partial charge in [-0.1, -0.05) is 16.8 Å². The Bertz CT molecular complexity index is 665. The van der Waals surface area contributed by atoms with Crippen LogP contribution in [0.15, 0.2) is 21.6 Å². The van der Waals surface area contributed by atoms with Crippen molar-refractivity contribution in [3.63, 3.8) is 0 Å². The number of anilines is 1. The molecule has 0 radical (unpaired) electrons. The molecule has 7 nitrogen and oxygen atoms in total. The zero-order chi connectivity index (χ0) is 15.4. The summed E-state index contributed by atoms with van der Waals surface area (Å²) < 4.78 is 6.43. The van der Waals surface area contributed by atoms with Gasteiger partial charge in [-0.15, -0.1) is 0 Å². The van der Waals surface area contributed by atoms with E-state index in [-0.39, 0.29) is 10.6 Å². The van der Waals surface area contributed by atoms with Gasteiger partial charge < -0.3 is 14.7 Å². The summed E-state index contributed by atoms with van der Waals surface area (Å²) in [5, 5.41) is 11.1. The Morgan fingerprint density at radius 3 is 2.86 bits per heavy atom. The molecule has 2 heterocycles. The van der Waals surface area contributed by atoms with Crippen LogP contribution in [0.3, 0.4) is 0 Å². The second-order valence-electron chi connectivity index (χ2n) is 4.99. The third-order valence-corrected chi connectivity index (χ3v) is 3.24. The molecular weight excluding hydrogens is 294 g/mol. The van der Waals surface area contributed by atoms with Crippen LogP contribution in [0.25, 0.3) is 0 Å². The smallest absolute Gasteiger partial charge is 0.287 e. The average molecular weight is 312 g/mol. The zero-order valence-electron chi connectivity index (χ0n) is 12.3. The largest absolute Gasteiger partial charge is 0.375 e. The van der Waals surface area contributed by atoms with Crippen molar-refractivity contribution in [2.24, 2.45) is 0 Å². The molecule has 114 valence electrons. The Morgan fingerprint density at radius 1 is 1.48 bits per heavy atom. The first-order valence-corrected chi connectivity index (χ1v) is 6.91. The van der Waals surface area contributed by atoms with Gasteiger partial charge in [0, 0.05) is 12.6 Å². The lowest BCUT2D eigenvalue weighted by atomic mass is 10.3. The molecule has 0 saturated heterocycles. The number of hydrogen-bond acceptors (Lipinski definition) is 6. The number of nitrogens with zero attached hydrogens (tertiary/aromatic N) is 4. The Balaban J connectivity index is 2.07. The van der Waals surface area contributed by atoms with Gasteiger partial charge >= 0.3 is 0 Å². The van der Waals surface area contributed by atoms with E-state index in [9.17, 15) is 4.79 Å². The predicted molar refractivity (Wildman–Crippen MR) is 80.6 cm³/mol. The molecule has 0 amide bonds. The highest BCUT2D eigenvalue weighted by Crippen LogP contribution is 2.16. The van der Waals surface area contributed by atoms with Crippen LogP contribution in [0.1, 0.15) is 11.5 Å². The molecule has 0 aliphatic carbocycles. The summed E-state index contributed by atoms with van der Waals surface area (Å²) in [5.41, 5.74) is 0.976. The molecule has 2 aromatic heterocycles. The molecule has 0 aromatic carbocycles. The molecule has 0 fully saturated rings. The van der Waals surface area contributed by atoms with E-state index in [1.165, 1.54) is 4.68 Å². The minimum Gasteiger partial charge on any atom is -0.375 e. The predicted octanol–water partition coefficient (Wildman–Crippen LogP) is 1.37. The molecule has 0 aliphatic heterocycles. The second-order valence-corrected chi connectivity index (χ2v) is 5.37. The third kappa shape index (κ3) is 4.05. The Labute approximate surface area is 127 Å². The van der Waals surface area contributed by atoms with Crippen LogP contribution in [-0.2, 0) is 13.1 Å². The first kappa shape index (κ1) is 15.5. The van der Waals surface area contributed by atoms with E-state index in [4.69, 9.17) is 16.1 Å². The van der Waals surface area contributed by atoms with Crippen molar-refractivity contribution in [2.75, 3.05) is 26.0 Å². The molecule has 2 rings (SSSR count). The summed E-state index contributed by atoms with van der Waals surface area (Å²) in [5.74, 6) is 0.667. The Morgan fingerprint density at radius 2 is 2.24 bits per heavy atom. The highest BCUT2D eigenvalue weighted by Gasteiger charge is 2.10. The number of nitrogens with one attached hydrogen (secondary N) is 1. The van der Waals surface area contributed by atoms with Crippen LogP contribution in [0.5, 0.6) is 0 Å². The normalized spacial score (nSPS) is 11.1. The molecule has 0 unspecified atom stereocenters. The zero-order valence-corrected chi connectivity index (χ0v) is 13.0. The van der Waals surface area contributed by atoms with Gasteiger partial charge in [0.25, 0.3) is 5.56 Å². The molecule has 0 saturated carbocycles. The Kier molecular flexibility index (Phi) is 4.98. The highest BCUT2D eigenvalue weighted by molar-refractivity contribution is 6.32. The van der Waals surface area contributed by atoms with Crippen molar-refractivity contribution in [3.05, 3.63) is 39.1 Å². The van der Waals surface area contributed by atoms with E-state index in [1.54, 1.807) is 6.20 Å². The maximum absolute atomic E-state index is 12.1. The van der Waals surface area contributed by atoms with Crippen LogP contribution < -0.4 is 10.9 Å². The van der Waals surface area contributed by atoms with Crippen LogP contribution in [0.4, 0.5) is 5.69 Å². The molecule has 2 aromatic rings. The van der Waals surface area contributed by atoms with E-state index >= 15 is 0 Å². The van der Waals surface area contributed by atoms with Gasteiger partial charge in [0.15, 0.2) is 5.76 Å². The van der Waals surface area contributed by atoms with E-state index < -0.39 is 0 Å². The quantitative estimate of drug-likeness (QED) is 0.868. The number of hydrogen-bond donors (Lipinski definition) is 1. The summed E-state index contributed by atoms with van der Waals surface area (Å²) in [6.45, 7) is 3.44. The third-order valence-electron chi connectivity index (χ3n) is 2.87. The maximum Gasteiger partial charge on any atom is 0.287 e. The molecule has 0 atom stereocenters. The molecule has 8 heteroatoms. The molecule has 0 bridgehead atoms. The van der Waals surface area contributed by atoms with Crippen molar-refractivity contribution in [1.82, 2.24) is 19.8 Å². The second kappa shape index (κ2) is 6.73. The van der Waals surface area contributed by atoms with Crippen molar-refractivity contribution < 1.29 is 4.52 Å². The molecular formula is C13H18ClN5O2. The monoisotopic (exact) mass is 311 g/mol. The van der Waals surface area contributed by atoms with E-state index in [0.29, 0.717) is 31.1 Å². The fraction of sp³-hybridized carbons (Fsp3) is 0.462. The van der Waals surface area contributed by atoms with Gasteiger partial charge in [-0.25, -0.2) is 4.68 Å². The molecule has 21 heavy (non-hydrogen) atoms.